The number of nitrogens with zero attached hydrogens (tertiary/aromatic N) is 1. The van der Waals surface area contributed by atoms with Crippen LogP contribution in [0.3, 0.4) is 0 Å². The molecule has 26 heavy (non-hydrogen) atoms. The van der Waals surface area contributed by atoms with Crippen molar-refractivity contribution in [3.05, 3.63) is 63.6 Å². The van der Waals surface area contributed by atoms with E-state index in [0.717, 1.165) is 4.47 Å². The Kier molecular flexibility index (Phi) is 6.53. The normalized spacial score (nSPS) is 10.7. The highest BCUT2D eigenvalue weighted by molar-refractivity contribution is 9.10. The van der Waals surface area contributed by atoms with Crippen molar-refractivity contribution >= 4 is 39.6 Å². The van der Waals surface area contributed by atoms with Crippen molar-refractivity contribution in [2.24, 2.45) is 0 Å². The van der Waals surface area contributed by atoms with Crippen LogP contribution in [0.4, 0.5) is 5.69 Å². The van der Waals surface area contributed by atoms with Crippen molar-refractivity contribution in [3.63, 3.8) is 0 Å². The maximum atomic E-state index is 12.4. The molecule has 0 bridgehead atoms. The maximum absolute atomic E-state index is 12.4. The van der Waals surface area contributed by atoms with Gasteiger partial charge in [-0.2, -0.15) is 5.26 Å². The first-order valence-corrected chi connectivity index (χ1v) is 8.42. The molecule has 0 aliphatic rings. The van der Waals surface area contributed by atoms with Gasteiger partial charge in [0.1, 0.15) is 17.4 Å². The zero-order valence-electron chi connectivity index (χ0n) is 13.8. The average Bonchev–Trinajstić information content (AvgIpc) is 2.62. The first-order chi connectivity index (χ1) is 12.4. The minimum Gasteiger partial charge on any atom is -0.493 e. The van der Waals surface area contributed by atoms with Crippen LogP contribution in [0.25, 0.3) is 6.08 Å². The smallest absolute Gasteiger partial charge is 0.335 e. The Morgan fingerprint density at radius 1 is 1.31 bits per heavy atom. The van der Waals surface area contributed by atoms with Gasteiger partial charge >= 0.3 is 5.97 Å². The second-order valence-corrected chi connectivity index (χ2v) is 6.04. The quantitative estimate of drug-likeness (QED) is 0.547. The number of hydrogen-bond acceptors (Lipinski definition) is 4. The van der Waals surface area contributed by atoms with E-state index in [-0.39, 0.29) is 16.8 Å². The Hall–Kier alpha value is -3.11. The number of carboxylic acids is 1. The summed E-state index contributed by atoms with van der Waals surface area (Å²) in [5.74, 6) is -1.20. The number of carboxylic acid groups (broad SMARTS) is 1. The third-order valence-corrected chi connectivity index (χ3v) is 3.80. The number of carbonyl (C=O) groups excluding carboxylic acids is 1. The topological polar surface area (TPSA) is 99.4 Å². The lowest BCUT2D eigenvalue weighted by Crippen LogP contribution is -2.14. The average molecular weight is 415 g/mol. The molecule has 0 aromatic heterocycles. The number of anilines is 1. The van der Waals surface area contributed by atoms with Gasteiger partial charge in [0.05, 0.1) is 12.2 Å². The van der Waals surface area contributed by atoms with Gasteiger partial charge in [0.2, 0.25) is 0 Å². The number of benzene rings is 2. The molecule has 1 amide bonds. The van der Waals surface area contributed by atoms with Crippen LogP contribution in [0.2, 0.25) is 0 Å². The van der Waals surface area contributed by atoms with E-state index in [0.29, 0.717) is 17.9 Å². The van der Waals surface area contributed by atoms with Crippen molar-refractivity contribution in [2.75, 3.05) is 11.9 Å². The molecule has 132 valence electrons. The van der Waals surface area contributed by atoms with Crippen molar-refractivity contribution in [1.29, 1.82) is 5.26 Å². The lowest BCUT2D eigenvalue weighted by atomic mass is 10.1. The first-order valence-electron chi connectivity index (χ1n) is 7.63. The van der Waals surface area contributed by atoms with Gasteiger partial charge in [0.15, 0.2) is 0 Å². The van der Waals surface area contributed by atoms with Crippen molar-refractivity contribution in [3.8, 4) is 11.8 Å². The predicted molar refractivity (Wildman–Crippen MR) is 101 cm³/mol. The second kappa shape index (κ2) is 8.83. The zero-order valence-corrected chi connectivity index (χ0v) is 15.4. The summed E-state index contributed by atoms with van der Waals surface area (Å²) >= 11 is 3.35. The molecule has 2 aromatic rings. The lowest BCUT2D eigenvalue weighted by Gasteiger charge is -2.09. The van der Waals surface area contributed by atoms with Gasteiger partial charge < -0.3 is 15.2 Å². The first kappa shape index (κ1) is 19.2. The van der Waals surface area contributed by atoms with E-state index in [2.05, 4.69) is 21.2 Å². The van der Waals surface area contributed by atoms with Crippen molar-refractivity contribution in [2.45, 2.75) is 6.92 Å². The summed E-state index contributed by atoms with van der Waals surface area (Å²) in [5.41, 5.74) is 0.767. The number of hydrogen-bond donors (Lipinski definition) is 2. The second-order valence-electron chi connectivity index (χ2n) is 5.13. The molecule has 0 atom stereocenters. The molecule has 0 saturated heterocycles. The molecule has 0 radical (unpaired) electrons. The zero-order chi connectivity index (χ0) is 19.1. The van der Waals surface area contributed by atoms with Crippen molar-refractivity contribution in [1.82, 2.24) is 0 Å². The van der Waals surface area contributed by atoms with Gasteiger partial charge in [-0.25, -0.2) is 4.79 Å². The summed E-state index contributed by atoms with van der Waals surface area (Å²) in [4.78, 5) is 23.4. The highest BCUT2D eigenvalue weighted by atomic mass is 79.9. The molecular weight excluding hydrogens is 400 g/mol. The lowest BCUT2D eigenvalue weighted by molar-refractivity contribution is -0.112. The van der Waals surface area contributed by atoms with E-state index in [1.807, 2.05) is 13.0 Å². The van der Waals surface area contributed by atoms with E-state index in [1.54, 1.807) is 24.3 Å². The molecule has 0 fully saturated rings. The number of aromatic carboxylic acids is 1. The van der Waals surface area contributed by atoms with Gasteiger partial charge in [0.25, 0.3) is 5.91 Å². The van der Waals surface area contributed by atoms with Gasteiger partial charge in [-0.3, -0.25) is 4.79 Å². The summed E-state index contributed by atoms with van der Waals surface area (Å²) < 4.78 is 6.28. The molecule has 0 heterocycles. The number of nitrogens with one attached hydrogen (secondary N) is 1. The molecule has 0 aliphatic heterocycles. The fraction of sp³-hybridized carbons (Fsp3) is 0.105. The molecule has 2 rings (SSSR count). The molecule has 0 aliphatic carbocycles. The minimum absolute atomic E-state index is 0.0379. The minimum atomic E-state index is -1.10. The molecule has 0 unspecified atom stereocenters. The Balaban J connectivity index is 2.31. The van der Waals surface area contributed by atoms with Crippen LogP contribution in [0.15, 0.2) is 52.5 Å². The summed E-state index contributed by atoms with van der Waals surface area (Å²) in [6.45, 7) is 2.28. The fourth-order valence-corrected chi connectivity index (χ4v) is 2.53. The van der Waals surface area contributed by atoms with Gasteiger partial charge in [-0.05, 0) is 49.4 Å². The standard InChI is InChI=1S/C19H15BrN2O4/c1-2-26-17-7-6-15(20)9-13(17)8-14(11-21)18(23)22-16-5-3-4-12(10-16)19(24)25/h3-10H,2H2,1H3,(H,22,23)(H,24,25)/b14-8-. The monoisotopic (exact) mass is 414 g/mol. The van der Waals surface area contributed by atoms with E-state index in [9.17, 15) is 14.9 Å². The Bertz CT molecular complexity index is 916. The molecule has 6 nitrogen and oxygen atoms in total. The van der Waals surface area contributed by atoms with Gasteiger partial charge in [-0.15, -0.1) is 0 Å². The SMILES string of the molecule is CCOc1ccc(Br)cc1/C=C(/C#N)C(=O)Nc1cccc(C(=O)O)c1. The number of halogens is 1. The highest BCUT2D eigenvalue weighted by Gasteiger charge is 2.13. The summed E-state index contributed by atoms with van der Waals surface area (Å²) in [7, 11) is 0. The summed E-state index contributed by atoms with van der Waals surface area (Å²) in [6, 6.07) is 12.9. The maximum Gasteiger partial charge on any atom is 0.335 e. The van der Waals surface area contributed by atoms with Crippen LogP contribution in [0.5, 0.6) is 5.75 Å². The van der Waals surface area contributed by atoms with Crippen LogP contribution in [0.1, 0.15) is 22.8 Å². The van der Waals surface area contributed by atoms with E-state index in [4.69, 9.17) is 9.84 Å². The number of ether oxygens (including phenoxy) is 1. The van der Waals surface area contributed by atoms with E-state index in [1.165, 1.54) is 24.3 Å². The third kappa shape index (κ3) is 4.94. The van der Waals surface area contributed by atoms with Crippen LogP contribution >= 0.6 is 15.9 Å². The fourth-order valence-electron chi connectivity index (χ4n) is 2.15. The van der Waals surface area contributed by atoms with E-state index >= 15 is 0 Å². The van der Waals surface area contributed by atoms with Crippen LogP contribution < -0.4 is 10.1 Å². The molecule has 2 aromatic carbocycles. The van der Waals surface area contributed by atoms with Crippen molar-refractivity contribution < 1.29 is 19.4 Å². The number of amides is 1. The molecular formula is C19H15BrN2O4. The van der Waals surface area contributed by atoms with Crippen LogP contribution in [-0.2, 0) is 4.79 Å². The summed E-state index contributed by atoms with van der Waals surface area (Å²) in [5, 5.41) is 20.9. The predicted octanol–water partition coefficient (Wildman–Crippen LogP) is 4.09. The molecule has 7 heteroatoms. The van der Waals surface area contributed by atoms with Gasteiger partial charge in [0, 0.05) is 15.7 Å². The van der Waals surface area contributed by atoms with Crippen LogP contribution in [-0.4, -0.2) is 23.6 Å². The molecule has 0 spiro atoms. The third-order valence-electron chi connectivity index (χ3n) is 3.30. The van der Waals surface area contributed by atoms with E-state index < -0.39 is 11.9 Å². The van der Waals surface area contributed by atoms with Crippen LogP contribution in [0, 0.1) is 11.3 Å². The Morgan fingerprint density at radius 3 is 2.73 bits per heavy atom. The Labute approximate surface area is 158 Å². The number of carbonyl (C=O) groups is 2. The number of nitriles is 1. The number of rotatable bonds is 6. The molecule has 2 N–H and O–H groups in total. The molecule has 0 saturated carbocycles. The summed E-state index contributed by atoms with van der Waals surface area (Å²) in [6.07, 6.45) is 1.42. The highest BCUT2D eigenvalue weighted by Crippen LogP contribution is 2.26. The Morgan fingerprint density at radius 2 is 2.08 bits per heavy atom. The largest absolute Gasteiger partial charge is 0.493 e. The van der Waals surface area contributed by atoms with Gasteiger partial charge in [-0.1, -0.05) is 22.0 Å².